The molecule has 1 aromatic carbocycles. The quantitative estimate of drug-likeness (QED) is 0.657. The van der Waals surface area contributed by atoms with Crippen LogP contribution < -0.4 is 0 Å². The Balaban J connectivity index is 2.08. The molecule has 1 aromatic heterocycles. The molecule has 1 aliphatic rings. The van der Waals surface area contributed by atoms with Crippen molar-refractivity contribution in [1.29, 1.82) is 0 Å². The monoisotopic (exact) mass is 368 g/mol. The fourth-order valence-electron chi connectivity index (χ4n) is 4.01. The molecule has 0 saturated carbocycles. The zero-order valence-electron chi connectivity index (χ0n) is 16.6. The van der Waals surface area contributed by atoms with Gasteiger partial charge in [-0.1, -0.05) is 45.9 Å². The number of hydrogen-bond acceptors (Lipinski definition) is 2. The van der Waals surface area contributed by atoms with E-state index in [9.17, 15) is 4.79 Å². The summed E-state index contributed by atoms with van der Waals surface area (Å²) >= 11 is 1.28. The van der Waals surface area contributed by atoms with Crippen molar-refractivity contribution in [2.24, 2.45) is 0 Å². The summed E-state index contributed by atoms with van der Waals surface area (Å²) in [5, 5.41) is 11.0. The Bertz CT molecular complexity index is 897. The number of benzene rings is 1. The average Bonchev–Trinajstić information content (AvgIpc) is 3.00. The lowest BCUT2D eigenvalue weighted by Gasteiger charge is -2.42. The lowest BCUT2D eigenvalue weighted by molar-refractivity contribution is 0.0702. The molecule has 0 saturated heterocycles. The van der Waals surface area contributed by atoms with Crippen molar-refractivity contribution in [2.75, 3.05) is 0 Å². The summed E-state index contributed by atoms with van der Waals surface area (Å²) in [4.78, 5) is 11.5. The maximum atomic E-state index is 11.1. The minimum atomic E-state index is -0.860. The summed E-state index contributed by atoms with van der Waals surface area (Å²) in [6.07, 6.45) is 4.51. The molecule has 1 aliphatic carbocycles. The van der Waals surface area contributed by atoms with Crippen molar-refractivity contribution in [3.8, 4) is 0 Å². The van der Waals surface area contributed by atoms with Crippen LogP contribution in [0.5, 0.6) is 0 Å². The van der Waals surface area contributed by atoms with E-state index in [1.54, 1.807) is 6.07 Å². The van der Waals surface area contributed by atoms with Crippen molar-refractivity contribution < 1.29 is 9.90 Å². The van der Waals surface area contributed by atoms with E-state index in [4.69, 9.17) is 5.11 Å². The molecule has 0 unspecified atom stereocenters. The molecule has 0 bridgehead atoms. The highest BCUT2D eigenvalue weighted by Crippen LogP contribution is 2.47. The van der Waals surface area contributed by atoms with Gasteiger partial charge < -0.3 is 5.11 Å². The van der Waals surface area contributed by atoms with E-state index in [0.717, 1.165) is 5.56 Å². The molecule has 0 fully saturated rings. The Hall–Kier alpha value is -1.87. The lowest BCUT2D eigenvalue weighted by atomic mass is 9.62. The van der Waals surface area contributed by atoms with Crippen LogP contribution in [-0.2, 0) is 10.8 Å². The smallest absolute Gasteiger partial charge is 0.345 e. The highest BCUT2D eigenvalue weighted by atomic mass is 32.1. The number of allylic oxidation sites excluding steroid dienone is 1. The van der Waals surface area contributed by atoms with E-state index in [-0.39, 0.29) is 10.8 Å². The molecule has 0 radical (unpaired) electrons. The maximum absolute atomic E-state index is 11.1. The van der Waals surface area contributed by atoms with Gasteiger partial charge in [-0.25, -0.2) is 4.79 Å². The number of carbonyl (C=O) groups is 1. The maximum Gasteiger partial charge on any atom is 0.345 e. The Morgan fingerprint density at radius 1 is 1.08 bits per heavy atom. The van der Waals surface area contributed by atoms with E-state index in [2.05, 4.69) is 59.8 Å². The van der Waals surface area contributed by atoms with Crippen LogP contribution in [0.25, 0.3) is 11.6 Å². The van der Waals surface area contributed by atoms with Gasteiger partial charge >= 0.3 is 5.97 Å². The highest BCUT2D eigenvalue weighted by Gasteiger charge is 2.37. The first-order chi connectivity index (χ1) is 12.0. The predicted octanol–water partition coefficient (Wildman–Crippen LogP) is 6.66. The third-order valence-corrected chi connectivity index (χ3v) is 6.77. The average molecular weight is 369 g/mol. The second-order valence-electron chi connectivity index (χ2n) is 8.86. The van der Waals surface area contributed by atoms with Gasteiger partial charge in [0.15, 0.2) is 0 Å². The van der Waals surface area contributed by atoms with Gasteiger partial charge in [0.05, 0.1) is 0 Å². The van der Waals surface area contributed by atoms with E-state index < -0.39 is 5.97 Å². The van der Waals surface area contributed by atoms with Crippen LogP contribution in [-0.4, -0.2) is 11.1 Å². The first-order valence-corrected chi connectivity index (χ1v) is 10.1. The molecule has 138 valence electrons. The van der Waals surface area contributed by atoms with Crippen molar-refractivity contribution in [2.45, 2.75) is 65.2 Å². The zero-order valence-corrected chi connectivity index (χ0v) is 17.4. The van der Waals surface area contributed by atoms with Gasteiger partial charge in [0.2, 0.25) is 0 Å². The minimum absolute atomic E-state index is 0.187. The molecule has 2 nitrogen and oxygen atoms in total. The molecule has 0 spiro atoms. The predicted molar refractivity (Wildman–Crippen MR) is 111 cm³/mol. The fraction of sp³-hybridized carbons (Fsp3) is 0.435. The third kappa shape index (κ3) is 3.37. The second kappa shape index (κ2) is 6.38. The Kier molecular flexibility index (Phi) is 4.64. The van der Waals surface area contributed by atoms with Gasteiger partial charge in [0, 0.05) is 0 Å². The number of fused-ring (bicyclic) bond motifs is 1. The molecule has 0 amide bonds. The molecular weight excluding hydrogens is 340 g/mol. The molecule has 2 aromatic rings. The lowest BCUT2D eigenvalue weighted by Crippen LogP contribution is -2.34. The second-order valence-corrected chi connectivity index (χ2v) is 9.77. The minimum Gasteiger partial charge on any atom is -0.477 e. The first kappa shape index (κ1) is 18.9. The summed E-state index contributed by atoms with van der Waals surface area (Å²) in [6, 6.07) is 6.50. The number of rotatable bonds is 3. The summed E-state index contributed by atoms with van der Waals surface area (Å²) < 4.78 is 0. The zero-order chi connectivity index (χ0) is 19.3. The molecule has 3 rings (SSSR count). The van der Waals surface area contributed by atoms with E-state index in [1.165, 1.54) is 52.0 Å². The first-order valence-electron chi connectivity index (χ1n) is 9.17. The van der Waals surface area contributed by atoms with Gasteiger partial charge in [-0.3, -0.25) is 0 Å². The summed E-state index contributed by atoms with van der Waals surface area (Å²) in [5.41, 5.74) is 8.03. The summed E-state index contributed by atoms with van der Waals surface area (Å²) in [6.45, 7) is 13.7. The van der Waals surface area contributed by atoms with E-state index in [0.29, 0.717) is 4.88 Å². The number of carboxylic acid groups (broad SMARTS) is 1. The van der Waals surface area contributed by atoms with Crippen molar-refractivity contribution in [3.63, 3.8) is 0 Å². The standard InChI is InChI=1S/C23H28O2S/c1-14(9-16-11-20(21(24)25)26-13-16)17-12-19-18(10-15(17)2)22(3,4)7-8-23(19,5)6/h9-13H,7-8H2,1-6H3,(H,24,25)/b14-9+. The van der Waals surface area contributed by atoms with Gasteiger partial charge in [-0.05, 0) is 82.4 Å². The van der Waals surface area contributed by atoms with Crippen molar-refractivity contribution >= 4 is 29.0 Å². The fourth-order valence-corrected chi connectivity index (χ4v) is 4.72. The Morgan fingerprint density at radius 2 is 1.65 bits per heavy atom. The molecule has 0 atom stereocenters. The SMILES string of the molecule is C/C(=C\c1csc(C(=O)O)c1)c1cc2c(cc1C)C(C)(C)CCC2(C)C. The number of thiophene rings is 1. The van der Waals surface area contributed by atoms with Gasteiger partial charge in [0.25, 0.3) is 0 Å². The van der Waals surface area contributed by atoms with Crippen LogP contribution in [0.1, 0.15) is 84.9 Å². The molecular formula is C23H28O2S. The van der Waals surface area contributed by atoms with Gasteiger partial charge in [-0.15, -0.1) is 11.3 Å². The van der Waals surface area contributed by atoms with Crippen molar-refractivity contribution in [3.05, 3.63) is 56.3 Å². The van der Waals surface area contributed by atoms with Crippen LogP contribution in [0.2, 0.25) is 0 Å². The topological polar surface area (TPSA) is 37.3 Å². The normalized spacial score (nSPS) is 18.5. The van der Waals surface area contributed by atoms with Crippen LogP contribution >= 0.6 is 11.3 Å². The van der Waals surface area contributed by atoms with E-state index in [1.807, 2.05) is 5.38 Å². The summed E-state index contributed by atoms with van der Waals surface area (Å²) in [5.74, 6) is -0.860. The van der Waals surface area contributed by atoms with Crippen LogP contribution in [0, 0.1) is 6.92 Å². The summed E-state index contributed by atoms with van der Waals surface area (Å²) in [7, 11) is 0. The number of aromatic carboxylic acids is 1. The molecule has 3 heteroatoms. The van der Waals surface area contributed by atoms with Crippen LogP contribution in [0.3, 0.4) is 0 Å². The number of carboxylic acids is 1. The Morgan fingerprint density at radius 3 is 2.19 bits per heavy atom. The molecule has 0 aliphatic heterocycles. The van der Waals surface area contributed by atoms with Crippen LogP contribution in [0.15, 0.2) is 23.6 Å². The number of aryl methyl sites for hydroxylation is 1. The highest BCUT2D eigenvalue weighted by molar-refractivity contribution is 7.12. The van der Waals surface area contributed by atoms with Gasteiger partial charge in [-0.2, -0.15) is 0 Å². The third-order valence-electron chi connectivity index (χ3n) is 5.84. The molecule has 1 N–H and O–H groups in total. The molecule has 1 heterocycles. The molecule has 26 heavy (non-hydrogen) atoms. The van der Waals surface area contributed by atoms with Crippen molar-refractivity contribution in [1.82, 2.24) is 0 Å². The van der Waals surface area contributed by atoms with E-state index >= 15 is 0 Å². The number of hydrogen-bond donors (Lipinski definition) is 1. The Labute approximate surface area is 160 Å². The largest absolute Gasteiger partial charge is 0.477 e. The van der Waals surface area contributed by atoms with Gasteiger partial charge in [0.1, 0.15) is 4.88 Å². The van der Waals surface area contributed by atoms with Crippen LogP contribution in [0.4, 0.5) is 0 Å².